The smallest absolute Gasteiger partial charge is 0.310 e. The van der Waals surface area contributed by atoms with Gasteiger partial charge in [0, 0.05) is 28.5 Å². The van der Waals surface area contributed by atoms with Gasteiger partial charge in [-0.25, -0.2) is 0 Å². The third-order valence-electron chi connectivity index (χ3n) is 6.10. The summed E-state index contributed by atoms with van der Waals surface area (Å²) in [6, 6.07) is 27.3. The van der Waals surface area contributed by atoms with Crippen LogP contribution in [0.2, 0.25) is 5.02 Å². The number of benzene rings is 3. The topological polar surface area (TPSA) is 47.3 Å². The first-order chi connectivity index (χ1) is 18.5. The number of fused-ring (bicyclic) bond motifs is 1. The molecular formula is C31H25ClINO3S2. The lowest BCUT2D eigenvalue weighted by Gasteiger charge is -2.07. The van der Waals surface area contributed by atoms with E-state index in [1.165, 1.54) is 27.7 Å². The Hall–Kier alpha value is -2.72. The van der Waals surface area contributed by atoms with Crippen LogP contribution in [-0.2, 0) is 21.7 Å². The molecule has 5 rings (SSSR count). The number of carbonyl (C=O) groups is 2. The second-order valence-corrected chi connectivity index (χ2v) is 11.3. The van der Waals surface area contributed by atoms with Crippen LogP contribution in [0.25, 0.3) is 16.5 Å². The van der Waals surface area contributed by atoms with Crippen LogP contribution in [0.5, 0.6) is 0 Å². The first kappa shape index (κ1) is 29.3. The van der Waals surface area contributed by atoms with E-state index >= 15 is 0 Å². The fraction of sp³-hybridized carbons (Fsp3) is 0.129. The number of ether oxygens (including phenoxy) is 1. The van der Waals surface area contributed by atoms with Crippen LogP contribution in [-0.4, -0.2) is 18.4 Å². The first-order valence-corrected chi connectivity index (χ1v) is 14.4. The molecule has 8 heteroatoms. The summed E-state index contributed by atoms with van der Waals surface area (Å²) >= 11 is 9.17. The van der Waals surface area contributed by atoms with Gasteiger partial charge in [0.2, 0.25) is 11.5 Å². The van der Waals surface area contributed by atoms with Gasteiger partial charge in [-0.15, -0.1) is 23.1 Å². The summed E-state index contributed by atoms with van der Waals surface area (Å²) in [6.07, 6.45) is 3.88. The summed E-state index contributed by atoms with van der Waals surface area (Å²) in [5, 5.41) is 2.96. The Balaban J connectivity index is 0.00000353. The monoisotopic (exact) mass is 685 g/mol. The number of halogens is 2. The fourth-order valence-electron chi connectivity index (χ4n) is 4.34. The number of hydrogen-bond donors (Lipinski definition) is 0. The average Bonchev–Trinajstić information content (AvgIpc) is 3.30. The van der Waals surface area contributed by atoms with Gasteiger partial charge in [0.25, 0.3) is 0 Å². The van der Waals surface area contributed by atoms with Crippen LogP contribution in [0.3, 0.4) is 0 Å². The van der Waals surface area contributed by atoms with Crippen LogP contribution in [0.1, 0.15) is 33.3 Å². The van der Waals surface area contributed by atoms with E-state index in [1.807, 2.05) is 47.3 Å². The van der Waals surface area contributed by atoms with Crippen molar-refractivity contribution in [2.75, 3.05) is 6.61 Å². The third-order valence-corrected chi connectivity index (χ3v) is 8.88. The number of aromatic nitrogens is 1. The Morgan fingerprint density at radius 2 is 1.64 bits per heavy atom. The van der Waals surface area contributed by atoms with Gasteiger partial charge in [-0.1, -0.05) is 60.1 Å². The summed E-state index contributed by atoms with van der Waals surface area (Å²) < 4.78 is 8.25. The van der Waals surface area contributed by atoms with Crippen molar-refractivity contribution in [3.8, 4) is 5.69 Å². The standard InChI is InChI=1S/C31H25ClNO3S2.HI/c1-2-36-27(34)19-26-28(33-17-6-3-7-18-33)31(38-30(26)29(35)22-13-15-24(32)16-14-22)37-20-23-11-8-10-21-9-4-5-12-25(21)23;/h3-18H,2,19-20H2,1H3;1H/q+1;/p-1. The molecule has 0 saturated heterocycles. The molecule has 198 valence electrons. The lowest BCUT2D eigenvalue weighted by Crippen LogP contribution is -3.00. The predicted molar refractivity (Wildman–Crippen MR) is 155 cm³/mol. The van der Waals surface area contributed by atoms with E-state index < -0.39 is 0 Å². The predicted octanol–water partition coefficient (Wildman–Crippen LogP) is 4.46. The summed E-state index contributed by atoms with van der Waals surface area (Å²) in [7, 11) is 0. The highest BCUT2D eigenvalue weighted by molar-refractivity contribution is 8.00. The Kier molecular flexibility index (Phi) is 10.2. The largest absolute Gasteiger partial charge is 1.00 e. The first-order valence-electron chi connectivity index (χ1n) is 12.2. The highest BCUT2D eigenvalue weighted by Gasteiger charge is 2.31. The van der Waals surface area contributed by atoms with Gasteiger partial charge >= 0.3 is 5.97 Å². The number of ketones is 1. The molecule has 0 radical (unpaired) electrons. The molecule has 5 aromatic rings. The van der Waals surface area contributed by atoms with Crippen LogP contribution in [0, 0.1) is 0 Å². The van der Waals surface area contributed by atoms with E-state index in [0.717, 1.165) is 15.6 Å². The quantitative estimate of drug-likeness (QED) is 0.0757. The number of carbonyl (C=O) groups excluding carboxylic acids is 2. The third kappa shape index (κ3) is 6.72. The van der Waals surface area contributed by atoms with Gasteiger partial charge in [0.1, 0.15) is 4.21 Å². The Labute approximate surface area is 258 Å². The maximum absolute atomic E-state index is 13.8. The van der Waals surface area contributed by atoms with Crippen molar-refractivity contribution in [1.82, 2.24) is 0 Å². The van der Waals surface area contributed by atoms with E-state index in [1.54, 1.807) is 43.0 Å². The second-order valence-electron chi connectivity index (χ2n) is 8.57. The zero-order chi connectivity index (χ0) is 26.5. The Bertz CT molecular complexity index is 1600. The SMILES string of the molecule is CCOC(=O)Cc1c(C(=O)c2ccc(Cl)cc2)sc(SCc2cccc3ccccc23)c1-[n+]1ccccc1.[I-]. The molecular weight excluding hydrogens is 661 g/mol. The van der Waals surface area contributed by atoms with E-state index in [-0.39, 0.29) is 48.8 Å². The second kappa shape index (κ2) is 13.6. The van der Waals surface area contributed by atoms with E-state index in [9.17, 15) is 9.59 Å². The molecule has 0 atom stereocenters. The zero-order valence-corrected chi connectivity index (χ0v) is 25.6. The number of pyridine rings is 1. The number of rotatable bonds is 9. The molecule has 0 spiro atoms. The molecule has 0 saturated carbocycles. The van der Waals surface area contributed by atoms with Crippen LogP contribution in [0.15, 0.2) is 102 Å². The maximum atomic E-state index is 13.8. The number of esters is 1. The van der Waals surface area contributed by atoms with Crippen LogP contribution >= 0.6 is 34.7 Å². The number of nitrogens with zero attached hydrogens (tertiary/aromatic N) is 1. The van der Waals surface area contributed by atoms with Gasteiger partial charge in [-0.3, -0.25) is 9.59 Å². The van der Waals surface area contributed by atoms with E-state index in [0.29, 0.717) is 21.0 Å². The zero-order valence-electron chi connectivity index (χ0n) is 21.1. The van der Waals surface area contributed by atoms with Gasteiger partial charge in [-0.05, 0) is 47.5 Å². The lowest BCUT2D eigenvalue weighted by atomic mass is 10.0. The Morgan fingerprint density at radius 1 is 0.923 bits per heavy atom. The molecule has 4 nitrogen and oxygen atoms in total. The van der Waals surface area contributed by atoms with E-state index in [4.69, 9.17) is 16.3 Å². The van der Waals surface area contributed by atoms with Crippen LogP contribution < -0.4 is 28.5 Å². The normalized spacial score (nSPS) is 10.7. The number of thioether (sulfide) groups is 1. The minimum Gasteiger partial charge on any atom is -1.00 e. The molecule has 3 aromatic carbocycles. The minimum absolute atomic E-state index is 0. The molecule has 0 N–H and O–H groups in total. The summed E-state index contributed by atoms with van der Waals surface area (Å²) in [6.45, 7) is 2.06. The molecule has 0 aliphatic heterocycles. The number of hydrogen-bond acceptors (Lipinski definition) is 5. The Morgan fingerprint density at radius 3 is 2.38 bits per heavy atom. The minimum atomic E-state index is -0.362. The van der Waals surface area contributed by atoms with E-state index in [2.05, 4.69) is 30.3 Å². The summed E-state index contributed by atoms with van der Waals surface area (Å²) in [4.78, 5) is 27.0. The molecule has 0 aliphatic carbocycles. The van der Waals surface area contributed by atoms with Crippen LogP contribution in [0.4, 0.5) is 0 Å². The average molecular weight is 686 g/mol. The molecule has 0 aliphatic rings. The molecule has 0 bridgehead atoms. The highest BCUT2D eigenvalue weighted by Crippen LogP contribution is 2.40. The van der Waals surface area contributed by atoms with Crippen molar-refractivity contribution >= 4 is 57.2 Å². The highest BCUT2D eigenvalue weighted by atomic mass is 127. The summed E-state index contributed by atoms with van der Waals surface area (Å²) in [5.74, 6) is 0.218. The van der Waals surface area contributed by atoms with Gasteiger partial charge in [-0.2, -0.15) is 4.57 Å². The van der Waals surface area contributed by atoms with Crippen molar-refractivity contribution in [2.24, 2.45) is 0 Å². The fourth-order valence-corrected chi connectivity index (χ4v) is 7.04. The van der Waals surface area contributed by atoms with Gasteiger partial charge in [0.15, 0.2) is 12.4 Å². The molecule has 0 unspecified atom stereocenters. The maximum Gasteiger partial charge on any atom is 0.310 e. The molecule has 2 heterocycles. The molecule has 0 amide bonds. The summed E-state index contributed by atoms with van der Waals surface area (Å²) in [5.41, 5.74) is 3.25. The molecule has 0 fully saturated rings. The van der Waals surface area contributed by atoms with Crippen molar-refractivity contribution in [3.05, 3.63) is 124 Å². The lowest BCUT2D eigenvalue weighted by molar-refractivity contribution is -0.598. The molecule has 2 aromatic heterocycles. The van der Waals surface area contributed by atoms with Crippen molar-refractivity contribution in [1.29, 1.82) is 0 Å². The van der Waals surface area contributed by atoms with Crippen molar-refractivity contribution in [2.45, 2.75) is 23.3 Å². The van der Waals surface area contributed by atoms with Gasteiger partial charge in [0.05, 0.1) is 23.5 Å². The van der Waals surface area contributed by atoms with Crippen molar-refractivity contribution < 1.29 is 42.9 Å². The molecule has 39 heavy (non-hydrogen) atoms. The van der Waals surface area contributed by atoms with Crippen molar-refractivity contribution in [3.63, 3.8) is 0 Å². The number of thiophene rings is 1. The van der Waals surface area contributed by atoms with Gasteiger partial charge < -0.3 is 28.7 Å².